The van der Waals surface area contributed by atoms with Crippen molar-refractivity contribution in [2.45, 2.75) is 117 Å². The molecule has 4 heteroatoms. The predicted octanol–water partition coefficient (Wildman–Crippen LogP) is 6.67. The Morgan fingerprint density at radius 3 is 2.68 bits per heavy atom. The van der Waals surface area contributed by atoms with Crippen LogP contribution < -0.4 is 0 Å². The highest BCUT2D eigenvalue weighted by Gasteiger charge is 2.67. The summed E-state index contributed by atoms with van der Waals surface area (Å²) in [4.78, 5) is 11.9. The molecule has 190 valence electrons. The Morgan fingerprint density at radius 2 is 1.94 bits per heavy atom. The third-order valence-electron chi connectivity index (χ3n) is 11.8. The zero-order valence-electron chi connectivity index (χ0n) is 22.1. The molecule has 6 rings (SSSR count). The van der Waals surface area contributed by atoms with Gasteiger partial charge in [-0.15, -0.1) is 0 Å². The molecule has 0 aromatic rings. The van der Waals surface area contributed by atoms with Gasteiger partial charge in [0, 0.05) is 18.8 Å². The monoisotopic (exact) mass is 470 g/mol. The highest BCUT2D eigenvalue weighted by atomic mass is 16.7. The summed E-state index contributed by atoms with van der Waals surface area (Å²) in [5.41, 5.74) is 2.37. The Hall–Kier alpha value is -0.870. The van der Waals surface area contributed by atoms with Gasteiger partial charge in [-0.3, -0.25) is 4.79 Å². The Labute approximate surface area is 206 Å². The number of fused-ring (bicyclic) bond motifs is 7. The molecule has 6 aliphatic rings. The smallest absolute Gasteiger partial charge is 0.305 e. The van der Waals surface area contributed by atoms with Gasteiger partial charge in [0.25, 0.3) is 0 Å². The molecule has 2 heterocycles. The lowest BCUT2D eigenvalue weighted by atomic mass is 9.48. The number of hydrogen-bond donors (Lipinski definition) is 0. The van der Waals surface area contributed by atoms with Crippen LogP contribution in [0.25, 0.3) is 0 Å². The van der Waals surface area contributed by atoms with Crippen LogP contribution in [0, 0.1) is 46.3 Å². The third-order valence-corrected chi connectivity index (χ3v) is 11.8. The molecule has 0 bridgehead atoms. The maximum Gasteiger partial charge on any atom is 0.305 e. The molecular formula is C30H46O4. The maximum atomic E-state index is 11.9. The van der Waals surface area contributed by atoms with Crippen molar-refractivity contribution in [2.75, 3.05) is 6.61 Å². The first-order chi connectivity index (χ1) is 16.2. The molecular weight excluding hydrogens is 424 g/mol. The number of allylic oxidation sites excluding steroid dienone is 2. The number of hydrogen-bond acceptors (Lipinski definition) is 4. The van der Waals surface area contributed by atoms with Gasteiger partial charge in [0.1, 0.15) is 6.10 Å². The van der Waals surface area contributed by atoms with E-state index in [0.29, 0.717) is 47.5 Å². The minimum atomic E-state index is -0.322. The highest BCUT2D eigenvalue weighted by Crippen LogP contribution is 2.69. The van der Waals surface area contributed by atoms with Crippen molar-refractivity contribution in [3.8, 4) is 0 Å². The van der Waals surface area contributed by atoms with Crippen molar-refractivity contribution in [1.29, 1.82) is 0 Å². The average molecular weight is 471 g/mol. The van der Waals surface area contributed by atoms with Gasteiger partial charge in [-0.2, -0.15) is 0 Å². The molecule has 0 amide bonds. The molecule has 11 atom stereocenters. The van der Waals surface area contributed by atoms with Crippen LogP contribution in [0.2, 0.25) is 0 Å². The second kappa shape index (κ2) is 8.07. The quantitative estimate of drug-likeness (QED) is 0.334. The third kappa shape index (κ3) is 3.26. The second-order valence-corrected chi connectivity index (χ2v) is 13.5. The number of rotatable bonds is 2. The van der Waals surface area contributed by atoms with Gasteiger partial charge in [0.2, 0.25) is 0 Å². The Morgan fingerprint density at radius 1 is 1.12 bits per heavy atom. The summed E-state index contributed by atoms with van der Waals surface area (Å²) in [6, 6.07) is 0. The summed E-state index contributed by atoms with van der Waals surface area (Å²) in [5, 5.41) is 0. The molecule has 2 saturated heterocycles. The van der Waals surface area contributed by atoms with Crippen molar-refractivity contribution in [2.24, 2.45) is 46.3 Å². The molecule has 11 unspecified atom stereocenters. The largest absolute Gasteiger partial charge is 0.462 e. The molecule has 2 aliphatic heterocycles. The summed E-state index contributed by atoms with van der Waals surface area (Å²) in [5.74, 6) is 3.48. The van der Waals surface area contributed by atoms with E-state index in [2.05, 4.69) is 33.8 Å². The van der Waals surface area contributed by atoms with Crippen molar-refractivity contribution in [3.63, 3.8) is 0 Å². The molecule has 3 saturated carbocycles. The van der Waals surface area contributed by atoms with Crippen LogP contribution in [0.3, 0.4) is 0 Å². The van der Waals surface area contributed by atoms with E-state index >= 15 is 0 Å². The van der Waals surface area contributed by atoms with Crippen LogP contribution in [0.4, 0.5) is 0 Å². The minimum Gasteiger partial charge on any atom is -0.462 e. The zero-order valence-corrected chi connectivity index (χ0v) is 22.1. The van der Waals surface area contributed by atoms with E-state index in [1.807, 2.05) is 6.92 Å². The molecule has 4 nitrogen and oxygen atoms in total. The Kier molecular flexibility index (Phi) is 5.58. The van der Waals surface area contributed by atoms with E-state index in [4.69, 9.17) is 14.2 Å². The van der Waals surface area contributed by atoms with Crippen LogP contribution in [0.5, 0.6) is 0 Å². The van der Waals surface area contributed by atoms with Crippen LogP contribution in [0.1, 0.15) is 98.8 Å². The van der Waals surface area contributed by atoms with Gasteiger partial charge in [-0.1, -0.05) is 46.3 Å². The van der Waals surface area contributed by atoms with E-state index < -0.39 is 0 Å². The van der Waals surface area contributed by atoms with Gasteiger partial charge in [-0.25, -0.2) is 0 Å². The van der Waals surface area contributed by atoms with Gasteiger partial charge < -0.3 is 14.2 Å². The van der Waals surface area contributed by atoms with E-state index in [9.17, 15) is 4.79 Å². The number of ether oxygens (including phenoxy) is 3. The topological polar surface area (TPSA) is 44.8 Å². The summed E-state index contributed by atoms with van der Waals surface area (Å²) < 4.78 is 19.2. The molecule has 0 aromatic heterocycles. The zero-order chi connectivity index (χ0) is 23.9. The predicted molar refractivity (Wildman–Crippen MR) is 132 cm³/mol. The molecule has 0 aromatic carbocycles. The number of carbonyl (C=O) groups is 1. The van der Waals surface area contributed by atoms with E-state index in [-0.39, 0.29) is 23.3 Å². The van der Waals surface area contributed by atoms with Crippen LogP contribution >= 0.6 is 0 Å². The van der Waals surface area contributed by atoms with Gasteiger partial charge in [0.15, 0.2) is 5.79 Å². The fourth-order valence-corrected chi connectivity index (χ4v) is 9.88. The number of carbonyl (C=O) groups excluding carboxylic acids is 1. The van der Waals surface area contributed by atoms with Crippen molar-refractivity contribution >= 4 is 5.97 Å². The van der Waals surface area contributed by atoms with Gasteiger partial charge >= 0.3 is 5.97 Å². The van der Waals surface area contributed by atoms with Crippen LogP contribution in [-0.2, 0) is 19.0 Å². The second-order valence-electron chi connectivity index (χ2n) is 13.5. The standard InChI is InChI=1S/C30H46O4/c1-6-26(31)33-21-10-12-28(4)20(15-21)7-8-22-23(28)11-13-29(5)24(22)16-25-27(29)19(3)30(34-25)14-9-18(2)17-32-30/h11,18-22,24-25,27H,6-10,12-17H2,1-5H3. The van der Waals surface area contributed by atoms with Crippen LogP contribution in [0.15, 0.2) is 11.6 Å². The summed E-state index contributed by atoms with van der Waals surface area (Å²) >= 11 is 0. The molecule has 0 radical (unpaired) electrons. The summed E-state index contributed by atoms with van der Waals surface area (Å²) in [6.45, 7) is 12.6. The summed E-state index contributed by atoms with van der Waals surface area (Å²) in [7, 11) is 0. The fraction of sp³-hybridized carbons (Fsp3) is 0.900. The lowest BCUT2D eigenvalue weighted by Gasteiger charge is -2.57. The van der Waals surface area contributed by atoms with E-state index in [0.717, 1.165) is 31.8 Å². The molecule has 1 spiro atoms. The average Bonchev–Trinajstić information content (AvgIpc) is 3.26. The first-order valence-corrected chi connectivity index (χ1v) is 14.4. The lowest BCUT2D eigenvalue weighted by Crippen LogP contribution is -2.51. The lowest BCUT2D eigenvalue weighted by molar-refractivity contribution is -0.272. The molecule has 34 heavy (non-hydrogen) atoms. The Bertz CT molecular complexity index is 856. The minimum absolute atomic E-state index is 0.0317. The highest BCUT2D eigenvalue weighted by molar-refractivity contribution is 5.69. The molecule has 4 aliphatic carbocycles. The number of esters is 1. The van der Waals surface area contributed by atoms with Crippen molar-refractivity contribution in [1.82, 2.24) is 0 Å². The SMILES string of the molecule is CCC(=O)OC1CCC2(C)C3=CCC4(C)C(CC5OC6(CCC(C)CO6)C(C)C54)C3CCC2C1. The fourth-order valence-electron chi connectivity index (χ4n) is 9.88. The van der Waals surface area contributed by atoms with Crippen LogP contribution in [-0.4, -0.2) is 30.6 Å². The summed E-state index contributed by atoms with van der Waals surface area (Å²) in [6.07, 6.45) is 14.2. The van der Waals surface area contributed by atoms with Crippen molar-refractivity contribution in [3.05, 3.63) is 11.6 Å². The first kappa shape index (κ1) is 23.5. The van der Waals surface area contributed by atoms with E-state index in [1.165, 1.54) is 38.5 Å². The molecule has 5 fully saturated rings. The normalized spacial score (nSPS) is 54.0. The molecule has 0 N–H and O–H groups in total. The van der Waals surface area contributed by atoms with Gasteiger partial charge in [0.05, 0.1) is 12.7 Å². The Balaban J connectivity index is 1.23. The first-order valence-electron chi connectivity index (χ1n) is 14.4. The maximum absolute atomic E-state index is 11.9. The van der Waals surface area contributed by atoms with E-state index in [1.54, 1.807) is 5.57 Å². The van der Waals surface area contributed by atoms with Gasteiger partial charge in [-0.05, 0) is 91.8 Å². The van der Waals surface area contributed by atoms with Crippen molar-refractivity contribution < 1.29 is 19.0 Å².